The number of carbonyl (C=O) groups is 1. The van der Waals surface area contributed by atoms with Gasteiger partial charge in [-0.25, -0.2) is 0 Å². The topological polar surface area (TPSA) is 64.7 Å². The summed E-state index contributed by atoms with van der Waals surface area (Å²) >= 11 is 0. The van der Waals surface area contributed by atoms with E-state index in [2.05, 4.69) is 17.1 Å². The molecule has 82 valence electrons. The second-order valence-electron chi connectivity index (χ2n) is 4.23. The highest BCUT2D eigenvalue weighted by atomic mass is 16.5. The van der Waals surface area contributed by atoms with Crippen molar-refractivity contribution < 1.29 is 9.53 Å². The Bertz CT molecular complexity index is 460. The quantitative estimate of drug-likeness (QED) is 0.814. The molecule has 1 amide bonds. The van der Waals surface area contributed by atoms with Crippen LogP contribution >= 0.6 is 0 Å². The summed E-state index contributed by atoms with van der Waals surface area (Å²) in [7, 11) is 0. The lowest BCUT2D eigenvalue weighted by molar-refractivity contribution is -0.122. The summed E-state index contributed by atoms with van der Waals surface area (Å²) < 4.78 is 5.15. The number of hydrogen-bond acceptors (Lipinski definition) is 3. The third-order valence-electron chi connectivity index (χ3n) is 2.97. The van der Waals surface area contributed by atoms with Gasteiger partial charge in [-0.3, -0.25) is 4.79 Å². The van der Waals surface area contributed by atoms with E-state index in [9.17, 15) is 4.79 Å². The van der Waals surface area contributed by atoms with Gasteiger partial charge < -0.3 is 10.5 Å². The first-order valence-electron chi connectivity index (χ1n) is 5.38. The number of amidine groups is 1. The van der Waals surface area contributed by atoms with E-state index in [1.807, 2.05) is 12.1 Å². The Morgan fingerprint density at radius 3 is 2.31 bits per heavy atom. The first-order chi connectivity index (χ1) is 7.74. The number of carbonyl (C=O) groups excluding carboxylic acids is 1. The summed E-state index contributed by atoms with van der Waals surface area (Å²) in [6.45, 7) is 0. The molecule has 0 saturated heterocycles. The first-order valence-corrected chi connectivity index (χ1v) is 5.38. The SMILES string of the molecule is NC1=NC(=O)C(c2ccc(C3CC3)cc2)O1. The highest BCUT2D eigenvalue weighted by Gasteiger charge is 2.30. The lowest BCUT2D eigenvalue weighted by Gasteiger charge is -2.09. The number of nitrogens with two attached hydrogens (primary N) is 1. The average Bonchev–Trinajstić information content (AvgIpc) is 3.05. The molecule has 2 aliphatic rings. The summed E-state index contributed by atoms with van der Waals surface area (Å²) in [6, 6.07) is 7.91. The molecule has 1 aliphatic carbocycles. The molecule has 2 N–H and O–H groups in total. The Labute approximate surface area is 93.1 Å². The van der Waals surface area contributed by atoms with Crippen molar-refractivity contribution in [1.82, 2.24) is 0 Å². The molecule has 1 saturated carbocycles. The van der Waals surface area contributed by atoms with Gasteiger partial charge >= 0.3 is 0 Å². The molecule has 4 heteroatoms. The number of ether oxygens (including phenoxy) is 1. The molecule has 0 radical (unpaired) electrons. The minimum absolute atomic E-state index is 0.0405. The maximum absolute atomic E-state index is 11.4. The van der Waals surface area contributed by atoms with Crippen LogP contribution in [0.2, 0.25) is 0 Å². The predicted octanol–water partition coefficient (Wildman–Crippen LogP) is 1.48. The fourth-order valence-electron chi connectivity index (χ4n) is 1.93. The van der Waals surface area contributed by atoms with Crippen molar-refractivity contribution in [2.24, 2.45) is 10.7 Å². The molecule has 0 bridgehead atoms. The van der Waals surface area contributed by atoms with E-state index < -0.39 is 6.10 Å². The zero-order chi connectivity index (χ0) is 11.1. The van der Waals surface area contributed by atoms with Crippen molar-refractivity contribution >= 4 is 11.9 Å². The van der Waals surface area contributed by atoms with Crippen LogP contribution in [0.3, 0.4) is 0 Å². The van der Waals surface area contributed by atoms with Gasteiger partial charge in [0.25, 0.3) is 11.9 Å². The predicted molar refractivity (Wildman–Crippen MR) is 58.9 cm³/mol. The fourth-order valence-corrected chi connectivity index (χ4v) is 1.93. The second-order valence-corrected chi connectivity index (χ2v) is 4.23. The fraction of sp³-hybridized carbons (Fsp3) is 0.333. The number of benzene rings is 1. The standard InChI is InChI=1S/C12H12N2O2/c13-12-14-11(15)10(16-12)9-5-3-8(4-6-9)7-1-2-7/h3-7,10H,1-2H2,(H2,13,14,15). The Morgan fingerprint density at radius 2 is 1.81 bits per heavy atom. The van der Waals surface area contributed by atoms with E-state index in [1.165, 1.54) is 18.4 Å². The van der Waals surface area contributed by atoms with Crippen LogP contribution in [0.25, 0.3) is 0 Å². The number of aliphatic imine (C=N–C) groups is 1. The highest BCUT2D eigenvalue weighted by molar-refractivity contribution is 5.98. The molecule has 4 nitrogen and oxygen atoms in total. The monoisotopic (exact) mass is 216 g/mol. The number of amides is 1. The average molecular weight is 216 g/mol. The molecular weight excluding hydrogens is 204 g/mol. The Kier molecular flexibility index (Phi) is 1.96. The van der Waals surface area contributed by atoms with Crippen molar-refractivity contribution in [1.29, 1.82) is 0 Å². The van der Waals surface area contributed by atoms with Crippen molar-refractivity contribution in [3.63, 3.8) is 0 Å². The van der Waals surface area contributed by atoms with Crippen LogP contribution in [0.1, 0.15) is 36.0 Å². The van der Waals surface area contributed by atoms with Crippen LogP contribution in [0.5, 0.6) is 0 Å². The molecule has 1 heterocycles. The summed E-state index contributed by atoms with van der Waals surface area (Å²) in [6.07, 6.45) is 1.90. The van der Waals surface area contributed by atoms with Crippen molar-refractivity contribution in [3.05, 3.63) is 35.4 Å². The molecular formula is C12H12N2O2. The van der Waals surface area contributed by atoms with Crippen molar-refractivity contribution in [3.8, 4) is 0 Å². The zero-order valence-electron chi connectivity index (χ0n) is 8.72. The Balaban J connectivity index is 1.82. The Hall–Kier alpha value is -1.84. The van der Waals surface area contributed by atoms with E-state index in [4.69, 9.17) is 10.5 Å². The largest absolute Gasteiger partial charge is 0.447 e. The summed E-state index contributed by atoms with van der Waals surface area (Å²) in [5, 5.41) is 0. The van der Waals surface area contributed by atoms with Crippen molar-refractivity contribution in [2.45, 2.75) is 24.9 Å². The maximum Gasteiger partial charge on any atom is 0.296 e. The van der Waals surface area contributed by atoms with Gasteiger partial charge in [-0.05, 0) is 24.3 Å². The molecule has 0 aromatic heterocycles. The molecule has 1 aromatic carbocycles. The second kappa shape index (κ2) is 3.33. The zero-order valence-corrected chi connectivity index (χ0v) is 8.72. The van der Waals surface area contributed by atoms with Gasteiger partial charge in [0.05, 0.1) is 0 Å². The highest BCUT2D eigenvalue weighted by Crippen LogP contribution is 2.40. The smallest absolute Gasteiger partial charge is 0.296 e. The van der Waals surface area contributed by atoms with Gasteiger partial charge in [0.15, 0.2) is 0 Å². The van der Waals surface area contributed by atoms with E-state index in [0.29, 0.717) is 0 Å². The van der Waals surface area contributed by atoms with Crippen LogP contribution in [-0.2, 0) is 9.53 Å². The van der Waals surface area contributed by atoms with E-state index in [-0.39, 0.29) is 11.9 Å². The molecule has 1 unspecified atom stereocenters. The molecule has 16 heavy (non-hydrogen) atoms. The minimum Gasteiger partial charge on any atom is -0.447 e. The maximum atomic E-state index is 11.4. The van der Waals surface area contributed by atoms with Gasteiger partial charge in [-0.1, -0.05) is 24.3 Å². The van der Waals surface area contributed by atoms with Gasteiger partial charge in [0.2, 0.25) is 6.10 Å². The van der Waals surface area contributed by atoms with Gasteiger partial charge in [0.1, 0.15) is 0 Å². The number of rotatable bonds is 2. The third kappa shape index (κ3) is 1.56. The van der Waals surface area contributed by atoms with E-state index >= 15 is 0 Å². The van der Waals surface area contributed by atoms with E-state index in [0.717, 1.165) is 11.5 Å². The molecule has 1 aromatic rings. The van der Waals surface area contributed by atoms with Gasteiger partial charge in [0, 0.05) is 5.56 Å². The van der Waals surface area contributed by atoms with Crippen molar-refractivity contribution in [2.75, 3.05) is 0 Å². The van der Waals surface area contributed by atoms with Crippen LogP contribution in [0, 0.1) is 0 Å². The summed E-state index contributed by atoms with van der Waals surface area (Å²) in [4.78, 5) is 15.0. The molecule has 0 spiro atoms. The normalized spacial score (nSPS) is 24.1. The van der Waals surface area contributed by atoms with Crippen LogP contribution in [-0.4, -0.2) is 11.9 Å². The number of nitrogens with zero attached hydrogens (tertiary/aromatic N) is 1. The van der Waals surface area contributed by atoms with Crippen LogP contribution < -0.4 is 5.73 Å². The van der Waals surface area contributed by atoms with Crippen LogP contribution in [0.4, 0.5) is 0 Å². The molecule has 1 atom stereocenters. The molecule has 3 rings (SSSR count). The molecule has 1 aliphatic heterocycles. The lowest BCUT2D eigenvalue weighted by atomic mass is 10.0. The molecule has 1 fully saturated rings. The lowest BCUT2D eigenvalue weighted by Crippen LogP contribution is -2.13. The van der Waals surface area contributed by atoms with E-state index in [1.54, 1.807) is 0 Å². The first kappa shape index (κ1) is 9.39. The van der Waals surface area contributed by atoms with Gasteiger partial charge in [-0.15, -0.1) is 0 Å². The third-order valence-corrected chi connectivity index (χ3v) is 2.97. The summed E-state index contributed by atoms with van der Waals surface area (Å²) in [5.74, 6) is 0.396. The minimum atomic E-state index is -0.645. The Morgan fingerprint density at radius 1 is 1.19 bits per heavy atom. The van der Waals surface area contributed by atoms with Crippen LogP contribution in [0.15, 0.2) is 29.3 Å². The van der Waals surface area contributed by atoms with Gasteiger partial charge in [-0.2, -0.15) is 4.99 Å². The summed E-state index contributed by atoms with van der Waals surface area (Å²) in [5.41, 5.74) is 7.50. The number of hydrogen-bond donors (Lipinski definition) is 1.